The summed E-state index contributed by atoms with van der Waals surface area (Å²) in [6.45, 7) is 0. The molecule has 1 N–H and O–H groups in total. The minimum Gasteiger partial charge on any atom is -0.256 e. The Kier molecular flexibility index (Phi) is 4.39. The van der Waals surface area contributed by atoms with Gasteiger partial charge in [-0.3, -0.25) is 4.98 Å². The fourth-order valence-electron chi connectivity index (χ4n) is 3.28. The van der Waals surface area contributed by atoms with Crippen molar-refractivity contribution in [2.75, 3.05) is 5.43 Å². The van der Waals surface area contributed by atoms with E-state index in [1.54, 1.807) is 12.4 Å². The summed E-state index contributed by atoms with van der Waals surface area (Å²) in [5, 5.41) is 6.42. The average Bonchev–Trinajstić information content (AvgIpc) is 2.79. The van der Waals surface area contributed by atoms with Gasteiger partial charge in [0, 0.05) is 22.5 Å². The third-order valence-electron chi connectivity index (χ3n) is 4.66. The highest BCUT2D eigenvalue weighted by Crippen LogP contribution is 2.27. The standard InChI is InChI=1S/C24H17N5/c1-2-7-18(8-3-1)23-20-10-4-5-11-22(20)27-24(28-23)29-26-16-17-12-13-21-19(15-17)9-6-14-25-21/h1-16H,(H,27,28,29). The lowest BCUT2D eigenvalue weighted by Crippen LogP contribution is -1.99. The number of hydrogen-bond acceptors (Lipinski definition) is 5. The average molecular weight is 375 g/mol. The van der Waals surface area contributed by atoms with E-state index in [2.05, 4.69) is 20.5 Å². The maximum atomic E-state index is 4.71. The minimum atomic E-state index is 0.459. The Morgan fingerprint density at radius 1 is 0.759 bits per heavy atom. The molecule has 0 aliphatic carbocycles. The van der Waals surface area contributed by atoms with E-state index in [1.807, 2.05) is 84.9 Å². The summed E-state index contributed by atoms with van der Waals surface area (Å²) in [5.74, 6) is 0.459. The molecule has 0 atom stereocenters. The summed E-state index contributed by atoms with van der Waals surface area (Å²) in [4.78, 5) is 13.6. The van der Waals surface area contributed by atoms with Crippen LogP contribution in [0.2, 0.25) is 0 Å². The Labute approximate surface area is 167 Å². The van der Waals surface area contributed by atoms with Crippen LogP contribution in [0.1, 0.15) is 5.56 Å². The molecule has 0 aliphatic rings. The lowest BCUT2D eigenvalue weighted by atomic mass is 10.1. The van der Waals surface area contributed by atoms with Gasteiger partial charge in [-0.25, -0.2) is 15.4 Å². The molecule has 0 saturated heterocycles. The normalized spacial score (nSPS) is 11.3. The van der Waals surface area contributed by atoms with Gasteiger partial charge >= 0.3 is 0 Å². The fourth-order valence-corrected chi connectivity index (χ4v) is 3.28. The van der Waals surface area contributed by atoms with Gasteiger partial charge in [-0.2, -0.15) is 5.10 Å². The molecule has 0 unspecified atom stereocenters. The first-order valence-corrected chi connectivity index (χ1v) is 9.33. The summed E-state index contributed by atoms with van der Waals surface area (Å²) in [7, 11) is 0. The van der Waals surface area contributed by atoms with E-state index in [0.717, 1.165) is 38.6 Å². The van der Waals surface area contributed by atoms with Crippen molar-refractivity contribution < 1.29 is 0 Å². The SMILES string of the molecule is C(=NNc1nc(-c2ccccc2)c2ccccc2n1)c1ccc2ncccc2c1. The van der Waals surface area contributed by atoms with E-state index < -0.39 is 0 Å². The number of benzene rings is 3. The van der Waals surface area contributed by atoms with Crippen LogP contribution in [0.25, 0.3) is 33.1 Å². The third-order valence-corrected chi connectivity index (χ3v) is 4.66. The molecular weight excluding hydrogens is 358 g/mol. The summed E-state index contributed by atoms with van der Waals surface area (Å²) in [6.07, 6.45) is 3.55. The Morgan fingerprint density at radius 3 is 2.55 bits per heavy atom. The number of fused-ring (bicyclic) bond motifs is 2. The molecule has 5 heteroatoms. The first kappa shape index (κ1) is 17.0. The number of anilines is 1. The van der Waals surface area contributed by atoms with Gasteiger partial charge in [0.05, 0.1) is 22.9 Å². The van der Waals surface area contributed by atoms with Crippen molar-refractivity contribution in [3.05, 3.63) is 96.7 Å². The number of aromatic nitrogens is 3. The van der Waals surface area contributed by atoms with Gasteiger partial charge < -0.3 is 0 Å². The molecule has 0 spiro atoms. The number of para-hydroxylation sites is 1. The Balaban J connectivity index is 1.47. The summed E-state index contributed by atoms with van der Waals surface area (Å²) in [5.41, 5.74) is 7.70. The van der Waals surface area contributed by atoms with Crippen LogP contribution in [-0.2, 0) is 0 Å². The Hall–Kier alpha value is -4.12. The molecule has 29 heavy (non-hydrogen) atoms. The van der Waals surface area contributed by atoms with Crippen molar-refractivity contribution in [1.82, 2.24) is 15.0 Å². The smallest absolute Gasteiger partial charge is 0.244 e. The van der Waals surface area contributed by atoms with Crippen LogP contribution in [0.5, 0.6) is 0 Å². The molecule has 5 nitrogen and oxygen atoms in total. The zero-order chi connectivity index (χ0) is 19.5. The molecule has 0 amide bonds. The van der Waals surface area contributed by atoms with Crippen LogP contribution in [0, 0.1) is 0 Å². The molecule has 5 aromatic rings. The lowest BCUT2D eigenvalue weighted by Gasteiger charge is -2.08. The largest absolute Gasteiger partial charge is 0.256 e. The second-order valence-corrected chi connectivity index (χ2v) is 6.60. The van der Waals surface area contributed by atoms with Gasteiger partial charge in [-0.1, -0.05) is 60.7 Å². The molecule has 0 aliphatic heterocycles. The van der Waals surface area contributed by atoms with Crippen molar-refractivity contribution in [2.24, 2.45) is 5.10 Å². The number of hydrazone groups is 1. The van der Waals surface area contributed by atoms with E-state index in [9.17, 15) is 0 Å². The second kappa shape index (κ2) is 7.48. The van der Waals surface area contributed by atoms with Crippen LogP contribution in [-0.4, -0.2) is 21.2 Å². The molecule has 138 valence electrons. The number of rotatable bonds is 4. The fraction of sp³-hybridized carbons (Fsp3) is 0. The summed E-state index contributed by atoms with van der Waals surface area (Å²) in [6, 6.07) is 28.1. The van der Waals surface area contributed by atoms with E-state index in [1.165, 1.54) is 0 Å². The Morgan fingerprint density at radius 2 is 1.62 bits per heavy atom. The number of pyridine rings is 1. The van der Waals surface area contributed by atoms with E-state index in [-0.39, 0.29) is 0 Å². The van der Waals surface area contributed by atoms with Crippen LogP contribution in [0.15, 0.2) is 96.2 Å². The van der Waals surface area contributed by atoms with Crippen molar-refractivity contribution in [2.45, 2.75) is 0 Å². The molecule has 5 rings (SSSR count). The molecular formula is C24H17N5. The quantitative estimate of drug-likeness (QED) is 0.342. The first-order valence-electron chi connectivity index (χ1n) is 9.33. The van der Waals surface area contributed by atoms with Crippen molar-refractivity contribution >= 4 is 34.0 Å². The van der Waals surface area contributed by atoms with Gasteiger partial charge in [-0.05, 0) is 29.8 Å². The maximum absolute atomic E-state index is 4.71. The highest BCUT2D eigenvalue weighted by atomic mass is 15.3. The molecule has 2 heterocycles. The third kappa shape index (κ3) is 3.53. The molecule has 3 aromatic carbocycles. The highest BCUT2D eigenvalue weighted by molar-refractivity contribution is 5.93. The molecule has 0 bridgehead atoms. The van der Waals surface area contributed by atoms with Gasteiger partial charge in [0.15, 0.2) is 0 Å². The summed E-state index contributed by atoms with van der Waals surface area (Å²) >= 11 is 0. The van der Waals surface area contributed by atoms with Crippen LogP contribution < -0.4 is 5.43 Å². The van der Waals surface area contributed by atoms with E-state index in [0.29, 0.717) is 5.95 Å². The zero-order valence-electron chi connectivity index (χ0n) is 15.5. The number of nitrogens with one attached hydrogen (secondary N) is 1. The van der Waals surface area contributed by atoms with Gasteiger partial charge in [0.1, 0.15) is 0 Å². The second-order valence-electron chi connectivity index (χ2n) is 6.60. The number of hydrogen-bond donors (Lipinski definition) is 1. The number of nitrogens with zero attached hydrogens (tertiary/aromatic N) is 4. The Bertz CT molecular complexity index is 1330. The lowest BCUT2D eigenvalue weighted by molar-refractivity contribution is 1.16. The van der Waals surface area contributed by atoms with Crippen molar-refractivity contribution in [3.63, 3.8) is 0 Å². The van der Waals surface area contributed by atoms with Crippen LogP contribution in [0.3, 0.4) is 0 Å². The predicted molar refractivity (Wildman–Crippen MR) is 118 cm³/mol. The molecule has 0 saturated carbocycles. The zero-order valence-corrected chi connectivity index (χ0v) is 15.5. The van der Waals surface area contributed by atoms with Crippen LogP contribution >= 0.6 is 0 Å². The summed E-state index contributed by atoms with van der Waals surface area (Å²) < 4.78 is 0. The van der Waals surface area contributed by atoms with Crippen molar-refractivity contribution in [3.8, 4) is 11.3 Å². The molecule has 0 fully saturated rings. The van der Waals surface area contributed by atoms with Crippen molar-refractivity contribution in [1.29, 1.82) is 0 Å². The van der Waals surface area contributed by atoms with Crippen LogP contribution in [0.4, 0.5) is 5.95 Å². The minimum absolute atomic E-state index is 0.459. The van der Waals surface area contributed by atoms with E-state index in [4.69, 9.17) is 4.98 Å². The highest BCUT2D eigenvalue weighted by Gasteiger charge is 2.09. The molecule has 2 aromatic heterocycles. The van der Waals surface area contributed by atoms with E-state index >= 15 is 0 Å². The first-order chi connectivity index (χ1) is 14.4. The van der Waals surface area contributed by atoms with Gasteiger partial charge in [0.2, 0.25) is 5.95 Å². The van der Waals surface area contributed by atoms with Gasteiger partial charge in [-0.15, -0.1) is 0 Å². The predicted octanol–water partition coefficient (Wildman–Crippen LogP) is 5.29. The van der Waals surface area contributed by atoms with Gasteiger partial charge in [0.25, 0.3) is 0 Å². The maximum Gasteiger partial charge on any atom is 0.244 e. The molecule has 0 radical (unpaired) electrons. The monoisotopic (exact) mass is 375 g/mol. The topological polar surface area (TPSA) is 63.1 Å².